The zero-order valence-electron chi connectivity index (χ0n) is 16.6. The highest BCUT2D eigenvalue weighted by Gasteiger charge is 2.86. The van der Waals surface area contributed by atoms with E-state index in [1.807, 2.05) is 0 Å². The van der Waals surface area contributed by atoms with Gasteiger partial charge in [0.25, 0.3) is 0 Å². The summed E-state index contributed by atoms with van der Waals surface area (Å²) in [6.45, 7) is 6.66. The van der Waals surface area contributed by atoms with Gasteiger partial charge in [-0.05, 0) is 32.3 Å². The molecule has 0 aromatic carbocycles. The molecule has 4 aliphatic rings. The van der Waals surface area contributed by atoms with E-state index >= 15 is 0 Å². The number of carbonyl (C=O) groups excluding carboxylic acids is 1. The molecule has 158 valence electrons. The minimum Gasteiger partial charge on any atom is -0.453 e. The van der Waals surface area contributed by atoms with Gasteiger partial charge in [-0.2, -0.15) is 0 Å². The number of rotatable bonds is 0. The molecule has 0 aromatic heterocycles. The van der Waals surface area contributed by atoms with Crippen LogP contribution in [0, 0.1) is 17.3 Å². The maximum atomic E-state index is 12.4. The first-order valence-electron chi connectivity index (χ1n) is 9.90. The van der Waals surface area contributed by atoms with Crippen LogP contribution >= 0.6 is 0 Å². The number of carbonyl (C=O) groups is 1. The lowest BCUT2D eigenvalue weighted by molar-refractivity contribution is -0.223. The van der Waals surface area contributed by atoms with Crippen LogP contribution in [-0.2, 0) is 14.3 Å². The number of hydrogen-bond donors (Lipinski definition) is 5. The molecule has 8 nitrogen and oxygen atoms in total. The SMILES string of the molecule is C/C1=C/[C@@H]2OC(=O)[C@]3(C)O[C@]23[C@@H](O)[C@H]2[C@@H](C)[C@@H](O)C[C@H](O)[C@]2(C)[C@@H](O)[C@@H](O)C1. The fourth-order valence-corrected chi connectivity index (χ4v) is 6.02. The summed E-state index contributed by atoms with van der Waals surface area (Å²) < 4.78 is 11.3. The standard InChI is InChI=1S/C20H30O8/c1-8-5-11(22)15(24)18(3)12(23)7-10(21)9(2)14(18)16(25)20-13(6-8)27-17(26)19(20,4)28-20/h6,9-16,21-25H,5,7H2,1-4H3/b8-6-/t9-,10-,11-,12-,13-,14+,15-,16-,18-,19-,20-/m0/s1. The van der Waals surface area contributed by atoms with Crippen molar-refractivity contribution in [2.45, 2.75) is 88.4 Å². The molecule has 0 amide bonds. The quantitative estimate of drug-likeness (QED) is 0.204. The average molecular weight is 398 g/mol. The molecule has 0 aromatic rings. The molecular formula is C20H30O8. The second kappa shape index (κ2) is 6.00. The second-order valence-corrected chi connectivity index (χ2v) is 9.50. The minimum atomic E-state index is -1.36. The van der Waals surface area contributed by atoms with Gasteiger partial charge in [-0.15, -0.1) is 0 Å². The predicted molar refractivity (Wildman–Crippen MR) is 95.9 cm³/mol. The van der Waals surface area contributed by atoms with Crippen molar-refractivity contribution in [3.63, 3.8) is 0 Å². The number of aliphatic hydroxyl groups excluding tert-OH is 5. The maximum absolute atomic E-state index is 12.4. The largest absolute Gasteiger partial charge is 0.453 e. The van der Waals surface area contributed by atoms with Gasteiger partial charge >= 0.3 is 5.97 Å². The van der Waals surface area contributed by atoms with Crippen molar-refractivity contribution in [2.75, 3.05) is 0 Å². The van der Waals surface area contributed by atoms with E-state index in [-0.39, 0.29) is 12.8 Å². The van der Waals surface area contributed by atoms with Crippen LogP contribution in [0.25, 0.3) is 0 Å². The molecule has 28 heavy (non-hydrogen) atoms. The summed E-state index contributed by atoms with van der Waals surface area (Å²) in [5, 5.41) is 54.6. The Morgan fingerprint density at radius 2 is 1.71 bits per heavy atom. The van der Waals surface area contributed by atoms with E-state index < -0.39 is 71.0 Å². The fraction of sp³-hybridized carbons (Fsp3) is 0.850. The van der Waals surface area contributed by atoms with Crippen molar-refractivity contribution >= 4 is 5.97 Å². The van der Waals surface area contributed by atoms with Crippen LogP contribution in [0.15, 0.2) is 11.6 Å². The normalized spacial score (nSPS) is 60.6. The molecule has 4 rings (SSSR count). The molecule has 1 spiro atoms. The summed E-state index contributed by atoms with van der Waals surface area (Å²) in [7, 11) is 0. The topological polar surface area (TPSA) is 140 Å². The Kier molecular flexibility index (Phi) is 4.34. The number of epoxide rings is 1. The third kappa shape index (κ3) is 2.24. The molecular weight excluding hydrogens is 368 g/mol. The molecule has 3 fully saturated rings. The maximum Gasteiger partial charge on any atom is 0.342 e. The smallest absolute Gasteiger partial charge is 0.342 e. The Labute approximate surface area is 163 Å². The molecule has 5 N–H and O–H groups in total. The first-order chi connectivity index (χ1) is 12.9. The van der Waals surface area contributed by atoms with Gasteiger partial charge in [-0.1, -0.05) is 19.4 Å². The highest BCUT2D eigenvalue weighted by Crippen LogP contribution is 2.64. The van der Waals surface area contributed by atoms with E-state index in [2.05, 4.69) is 0 Å². The van der Waals surface area contributed by atoms with Gasteiger partial charge in [0.1, 0.15) is 0 Å². The molecule has 2 heterocycles. The molecule has 2 aliphatic carbocycles. The second-order valence-electron chi connectivity index (χ2n) is 9.50. The van der Waals surface area contributed by atoms with Crippen LogP contribution in [0.3, 0.4) is 0 Å². The average Bonchev–Trinajstić information content (AvgIpc) is 3.20. The lowest BCUT2D eigenvalue weighted by Gasteiger charge is -2.55. The van der Waals surface area contributed by atoms with E-state index in [0.717, 1.165) is 0 Å². The molecule has 1 saturated carbocycles. The predicted octanol–water partition coefficient (Wildman–Crippen LogP) is -0.744. The fourth-order valence-electron chi connectivity index (χ4n) is 6.02. The Morgan fingerprint density at radius 3 is 2.32 bits per heavy atom. The van der Waals surface area contributed by atoms with Gasteiger partial charge in [-0.3, -0.25) is 0 Å². The summed E-state index contributed by atoms with van der Waals surface area (Å²) in [4.78, 5) is 12.4. The Bertz CT molecular complexity index is 723. The van der Waals surface area contributed by atoms with E-state index in [1.54, 1.807) is 33.8 Å². The lowest BCUT2D eigenvalue weighted by Crippen LogP contribution is -2.66. The summed E-state index contributed by atoms with van der Waals surface area (Å²) in [6.07, 6.45) is -5.00. The zero-order chi connectivity index (χ0) is 20.8. The van der Waals surface area contributed by atoms with Crippen LogP contribution in [0.2, 0.25) is 0 Å². The summed E-state index contributed by atoms with van der Waals surface area (Å²) in [5.74, 6) is -1.94. The zero-order valence-corrected chi connectivity index (χ0v) is 16.6. The van der Waals surface area contributed by atoms with E-state index in [9.17, 15) is 30.3 Å². The third-order valence-electron chi connectivity index (χ3n) is 7.95. The van der Waals surface area contributed by atoms with Gasteiger partial charge in [0, 0.05) is 17.8 Å². The number of ether oxygens (including phenoxy) is 2. The number of aliphatic hydroxyl groups is 5. The molecule has 0 bridgehead atoms. The Morgan fingerprint density at radius 1 is 1.07 bits per heavy atom. The molecule has 2 aliphatic heterocycles. The minimum absolute atomic E-state index is 0.0173. The first kappa shape index (κ1) is 20.3. The van der Waals surface area contributed by atoms with Crippen molar-refractivity contribution in [1.82, 2.24) is 0 Å². The highest BCUT2D eigenvalue weighted by molar-refractivity contribution is 5.88. The van der Waals surface area contributed by atoms with Crippen molar-refractivity contribution in [1.29, 1.82) is 0 Å². The molecule has 11 atom stereocenters. The Balaban J connectivity index is 1.90. The van der Waals surface area contributed by atoms with E-state index in [4.69, 9.17) is 9.47 Å². The first-order valence-corrected chi connectivity index (χ1v) is 9.90. The van der Waals surface area contributed by atoms with Gasteiger partial charge in [0.2, 0.25) is 0 Å². The summed E-state index contributed by atoms with van der Waals surface area (Å²) >= 11 is 0. The van der Waals surface area contributed by atoms with Crippen LogP contribution in [0.5, 0.6) is 0 Å². The number of esters is 1. The Hall–Kier alpha value is -1.03. The summed E-state index contributed by atoms with van der Waals surface area (Å²) in [5.41, 5.74) is -3.34. The van der Waals surface area contributed by atoms with Crippen LogP contribution < -0.4 is 0 Å². The van der Waals surface area contributed by atoms with E-state index in [1.165, 1.54) is 0 Å². The van der Waals surface area contributed by atoms with Crippen LogP contribution in [0.1, 0.15) is 40.5 Å². The molecule has 0 unspecified atom stereocenters. The van der Waals surface area contributed by atoms with Crippen molar-refractivity contribution in [3.8, 4) is 0 Å². The number of fused-ring (bicyclic) bond motifs is 1. The summed E-state index contributed by atoms with van der Waals surface area (Å²) in [6, 6.07) is 0. The van der Waals surface area contributed by atoms with Crippen LogP contribution in [0.4, 0.5) is 0 Å². The van der Waals surface area contributed by atoms with Gasteiger partial charge in [0.15, 0.2) is 17.3 Å². The van der Waals surface area contributed by atoms with E-state index in [0.29, 0.717) is 5.57 Å². The van der Waals surface area contributed by atoms with Gasteiger partial charge < -0.3 is 35.0 Å². The van der Waals surface area contributed by atoms with Gasteiger partial charge in [-0.25, -0.2) is 4.79 Å². The highest BCUT2D eigenvalue weighted by atomic mass is 16.7. The molecule has 8 heteroatoms. The molecule has 0 radical (unpaired) electrons. The third-order valence-corrected chi connectivity index (χ3v) is 7.95. The monoisotopic (exact) mass is 398 g/mol. The lowest BCUT2D eigenvalue weighted by atomic mass is 9.53. The van der Waals surface area contributed by atoms with Crippen molar-refractivity contribution in [2.24, 2.45) is 17.3 Å². The number of hydrogen-bond acceptors (Lipinski definition) is 8. The van der Waals surface area contributed by atoms with Crippen molar-refractivity contribution < 1.29 is 39.8 Å². The van der Waals surface area contributed by atoms with Crippen LogP contribution in [-0.4, -0.2) is 79.3 Å². The van der Waals surface area contributed by atoms with Crippen molar-refractivity contribution in [3.05, 3.63) is 11.6 Å². The molecule has 2 saturated heterocycles. The van der Waals surface area contributed by atoms with Gasteiger partial charge in [0.05, 0.1) is 30.5 Å².